The first-order chi connectivity index (χ1) is 11.7. The van der Waals surface area contributed by atoms with Crippen molar-refractivity contribution in [2.75, 3.05) is 42.9 Å². The first-order valence-corrected chi connectivity index (χ1v) is 8.64. The van der Waals surface area contributed by atoms with Crippen LogP contribution in [0.1, 0.15) is 5.56 Å². The molecule has 1 saturated heterocycles. The summed E-state index contributed by atoms with van der Waals surface area (Å²) in [5.41, 5.74) is 3.04. The Labute approximate surface area is 148 Å². The predicted octanol–water partition coefficient (Wildman–Crippen LogP) is 1.82. The van der Waals surface area contributed by atoms with Crippen LogP contribution >= 0.6 is 22.9 Å². The van der Waals surface area contributed by atoms with Crippen molar-refractivity contribution in [2.24, 2.45) is 0 Å². The number of hydrogen-bond donors (Lipinski definition) is 1. The highest BCUT2D eigenvalue weighted by Gasteiger charge is 2.21. The minimum absolute atomic E-state index is 0.0931. The van der Waals surface area contributed by atoms with Gasteiger partial charge in [0, 0.05) is 31.2 Å². The third-order valence-electron chi connectivity index (χ3n) is 3.77. The van der Waals surface area contributed by atoms with Crippen molar-refractivity contribution < 1.29 is 4.79 Å². The van der Waals surface area contributed by atoms with Crippen LogP contribution in [0.25, 0.3) is 0 Å². The highest BCUT2D eigenvalue weighted by atomic mass is 35.5. The molecule has 2 aromatic rings. The number of nitrogens with one attached hydrogen (secondary N) is 1. The Morgan fingerprint density at radius 2 is 2.17 bits per heavy atom. The molecule has 2 heterocycles. The molecule has 0 aliphatic carbocycles. The zero-order valence-corrected chi connectivity index (χ0v) is 14.3. The summed E-state index contributed by atoms with van der Waals surface area (Å²) in [4.78, 5) is 16.2. The number of amides is 1. The summed E-state index contributed by atoms with van der Waals surface area (Å²) >= 11 is 7.24. The Balaban J connectivity index is 1.54. The van der Waals surface area contributed by atoms with E-state index >= 15 is 0 Å². The number of rotatable bonds is 4. The summed E-state index contributed by atoms with van der Waals surface area (Å²) in [6.45, 7) is 3.32. The van der Waals surface area contributed by atoms with Gasteiger partial charge in [-0.25, -0.2) is 0 Å². The molecule has 1 N–H and O–H groups in total. The molecule has 0 radical (unpaired) electrons. The molecule has 1 aliphatic rings. The molecule has 9 heteroatoms. The molecule has 0 bridgehead atoms. The second-order valence-electron chi connectivity index (χ2n) is 5.33. The molecule has 1 fully saturated rings. The maximum absolute atomic E-state index is 12.0. The van der Waals surface area contributed by atoms with Crippen molar-refractivity contribution in [3.8, 4) is 6.07 Å². The molecule has 0 saturated carbocycles. The molecule has 7 nitrogen and oxygen atoms in total. The molecule has 124 valence electrons. The predicted molar refractivity (Wildman–Crippen MR) is 93.4 cm³/mol. The largest absolute Gasteiger partial charge is 0.368 e. The first-order valence-electron chi connectivity index (χ1n) is 7.38. The van der Waals surface area contributed by atoms with Crippen LogP contribution in [0.5, 0.6) is 0 Å². The van der Waals surface area contributed by atoms with Gasteiger partial charge in [0.05, 0.1) is 17.8 Å². The van der Waals surface area contributed by atoms with E-state index in [1.807, 2.05) is 6.07 Å². The third-order valence-corrected chi connectivity index (χ3v) is 4.61. The Morgan fingerprint density at radius 1 is 1.38 bits per heavy atom. The van der Waals surface area contributed by atoms with E-state index in [4.69, 9.17) is 11.6 Å². The van der Waals surface area contributed by atoms with Gasteiger partial charge in [0.15, 0.2) is 0 Å². The van der Waals surface area contributed by atoms with Crippen molar-refractivity contribution in [1.82, 2.24) is 15.1 Å². The van der Waals surface area contributed by atoms with Gasteiger partial charge in [-0.3, -0.25) is 15.0 Å². The summed E-state index contributed by atoms with van der Waals surface area (Å²) in [5, 5.41) is 20.5. The molecule has 1 aliphatic heterocycles. The molecular formula is C15H15ClN6OS. The van der Waals surface area contributed by atoms with Gasteiger partial charge in [-0.1, -0.05) is 22.9 Å². The van der Waals surface area contributed by atoms with Gasteiger partial charge < -0.3 is 4.90 Å². The lowest BCUT2D eigenvalue weighted by Gasteiger charge is -2.36. The Hall–Kier alpha value is -2.21. The molecule has 0 unspecified atom stereocenters. The van der Waals surface area contributed by atoms with Crippen LogP contribution in [0.2, 0.25) is 5.02 Å². The van der Waals surface area contributed by atoms with E-state index in [9.17, 15) is 10.1 Å². The number of halogens is 1. The van der Waals surface area contributed by atoms with Crippen molar-refractivity contribution in [1.29, 1.82) is 5.26 Å². The third kappa shape index (κ3) is 4.00. The minimum atomic E-state index is -0.0931. The van der Waals surface area contributed by atoms with Gasteiger partial charge in [-0.2, -0.15) is 5.26 Å². The average Bonchev–Trinajstić information content (AvgIpc) is 3.08. The lowest BCUT2D eigenvalue weighted by atomic mass is 10.1. The molecule has 3 rings (SSSR count). The maximum Gasteiger partial charge on any atom is 0.240 e. The molecule has 24 heavy (non-hydrogen) atoms. The van der Waals surface area contributed by atoms with Gasteiger partial charge in [-0.05, 0) is 18.2 Å². The van der Waals surface area contributed by atoms with Crippen LogP contribution in [0, 0.1) is 11.3 Å². The summed E-state index contributed by atoms with van der Waals surface area (Å²) in [7, 11) is 0. The summed E-state index contributed by atoms with van der Waals surface area (Å²) in [6, 6.07) is 7.53. The number of nitriles is 1. The number of carbonyl (C=O) groups is 1. The topological polar surface area (TPSA) is 85.2 Å². The number of carbonyl (C=O) groups excluding carboxylic acids is 1. The Bertz CT molecular complexity index is 752. The number of hydrogen-bond acceptors (Lipinski definition) is 7. The number of nitrogens with zero attached hydrogens (tertiary/aromatic N) is 5. The average molecular weight is 363 g/mol. The number of anilines is 2. The van der Waals surface area contributed by atoms with Crippen LogP contribution < -0.4 is 10.2 Å². The van der Waals surface area contributed by atoms with E-state index in [1.165, 1.54) is 11.3 Å². The number of piperazine rings is 1. The second-order valence-corrected chi connectivity index (χ2v) is 6.60. The SMILES string of the molecule is N#Cc1cc(Cl)ccc1N1CCN(CC(=O)Nc2nncs2)CC1. The monoisotopic (exact) mass is 362 g/mol. The lowest BCUT2D eigenvalue weighted by Crippen LogP contribution is -2.48. The number of aromatic nitrogens is 2. The zero-order valence-electron chi connectivity index (χ0n) is 12.8. The van der Waals surface area contributed by atoms with Gasteiger partial charge in [-0.15, -0.1) is 10.2 Å². The maximum atomic E-state index is 12.0. The highest BCUT2D eigenvalue weighted by molar-refractivity contribution is 7.13. The summed E-state index contributed by atoms with van der Waals surface area (Å²) in [6.07, 6.45) is 0. The Morgan fingerprint density at radius 3 is 2.83 bits per heavy atom. The normalized spacial score (nSPS) is 15.1. The van der Waals surface area contributed by atoms with Crippen LogP contribution in [0.3, 0.4) is 0 Å². The smallest absolute Gasteiger partial charge is 0.240 e. The minimum Gasteiger partial charge on any atom is -0.368 e. The fourth-order valence-corrected chi connectivity index (χ4v) is 3.24. The van der Waals surface area contributed by atoms with E-state index in [-0.39, 0.29) is 5.91 Å². The quantitative estimate of drug-likeness (QED) is 0.893. The fraction of sp³-hybridized carbons (Fsp3) is 0.333. The van der Waals surface area contributed by atoms with Crippen molar-refractivity contribution >= 4 is 39.7 Å². The second kappa shape index (κ2) is 7.57. The Kier molecular flexibility index (Phi) is 5.25. The number of benzene rings is 1. The standard InChI is InChI=1S/C15H15ClN6OS/c16-12-1-2-13(11(7-12)8-17)22-5-3-21(4-6-22)9-14(23)19-15-20-18-10-24-15/h1-2,7,10H,3-6,9H2,(H,19,20,23). The first kappa shape index (κ1) is 16.6. The van der Waals surface area contributed by atoms with Crippen LogP contribution in [0.4, 0.5) is 10.8 Å². The van der Waals surface area contributed by atoms with E-state index in [2.05, 4.69) is 31.4 Å². The zero-order chi connectivity index (χ0) is 16.9. The molecule has 0 spiro atoms. The van der Waals surface area contributed by atoms with Gasteiger partial charge in [0.2, 0.25) is 11.0 Å². The van der Waals surface area contributed by atoms with Gasteiger partial charge in [0.25, 0.3) is 0 Å². The van der Waals surface area contributed by atoms with Crippen molar-refractivity contribution in [3.05, 3.63) is 34.3 Å². The molecule has 0 atom stereocenters. The lowest BCUT2D eigenvalue weighted by molar-refractivity contribution is -0.117. The van der Waals surface area contributed by atoms with E-state index in [1.54, 1.807) is 17.6 Å². The van der Waals surface area contributed by atoms with E-state index < -0.39 is 0 Å². The van der Waals surface area contributed by atoms with Crippen LogP contribution in [0.15, 0.2) is 23.7 Å². The highest BCUT2D eigenvalue weighted by Crippen LogP contribution is 2.24. The van der Waals surface area contributed by atoms with E-state index in [0.717, 1.165) is 31.9 Å². The van der Waals surface area contributed by atoms with Gasteiger partial charge >= 0.3 is 0 Å². The summed E-state index contributed by atoms with van der Waals surface area (Å²) < 4.78 is 0. The van der Waals surface area contributed by atoms with Crippen molar-refractivity contribution in [2.45, 2.75) is 0 Å². The van der Waals surface area contributed by atoms with Crippen molar-refractivity contribution in [3.63, 3.8) is 0 Å². The van der Waals surface area contributed by atoms with E-state index in [0.29, 0.717) is 22.3 Å². The van der Waals surface area contributed by atoms with Crippen LogP contribution in [-0.2, 0) is 4.79 Å². The molecule has 1 amide bonds. The van der Waals surface area contributed by atoms with Gasteiger partial charge in [0.1, 0.15) is 11.6 Å². The molecular weight excluding hydrogens is 348 g/mol. The molecule has 1 aromatic carbocycles. The summed E-state index contributed by atoms with van der Waals surface area (Å²) in [5.74, 6) is -0.0931. The van der Waals surface area contributed by atoms with Crippen LogP contribution in [-0.4, -0.2) is 53.7 Å². The molecule has 1 aromatic heterocycles. The fourth-order valence-electron chi connectivity index (χ4n) is 2.61.